The molecule has 0 spiro atoms. The summed E-state index contributed by atoms with van der Waals surface area (Å²) < 4.78 is 0. The fourth-order valence-corrected chi connectivity index (χ4v) is 2.34. The van der Waals surface area contributed by atoms with Crippen molar-refractivity contribution in [1.82, 2.24) is 0 Å². The van der Waals surface area contributed by atoms with Crippen LogP contribution in [0.1, 0.15) is 42.0 Å². The second-order valence-electron chi connectivity index (χ2n) is 5.46. The average molecular weight is 307 g/mol. The third-order valence-corrected chi connectivity index (χ3v) is 4.01. The first-order valence-electron chi connectivity index (χ1n) is 7.00. The Morgan fingerprint density at radius 3 is 2.27 bits per heavy atom. The molecule has 6 heteroatoms. The third-order valence-electron chi connectivity index (χ3n) is 4.01. The summed E-state index contributed by atoms with van der Waals surface area (Å²) in [4.78, 5) is 21.1. The molecule has 0 aliphatic rings. The Hall–Kier alpha value is -2.37. The maximum absolute atomic E-state index is 11.1. The van der Waals surface area contributed by atoms with Gasteiger partial charge >= 0.3 is 11.7 Å². The maximum atomic E-state index is 11.1. The number of carboxylic acids is 1. The van der Waals surface area contributed by atoms with Crippen LogP contribution in [0.5, 0.6) is 5.75 Å². The summed E-state index contributed by atoms with van der Waals surface area (Å²) >= 11 is 0. The van der Waals surface area contributed by atoms with Gasteiger partial charge in [-0.2, -0.15) is 0 Å². The van der Waals surface area contributed by atoms with Crippen LogP contribution >= 0.6 is 0 Å². The lowest BCUT2D eigenvalue weighted by atomic mass is 9.93. The van der Waals surface area contributed by atoms with Gasteiger partial charge in [-0.05, 0) is 51.7 Å². The number of phenols is 1. The van der Waals surface area contributed by atoms with Gasteiger partial charge in [-0.25, -0.2) is 0 Å². The molecule has 1 aromatic carbocycles. The van der Waals surface area contributed by atoms with Crippen LogP contribution in [0.3, 0.4) is 0 Å². The van der Waals surface area contributed by atoms with Crippen LogP contribution in [0, 0.1) is 30.9 Å². The van der Waals surface area contributed by atoms with Gasteiger partial charge in [-0.1, -0.05) is 11.6 Å². The third kappa shape index (κ3) is 3.84. The molecule has 0 aliphatic heterocycles. The van der Waals surface area contributed by atoms with E-state index in [-0.39, 0.29) is 17.9 Å². The molecular formula is C16H21NO5. The monoisotopic (exact) mass is 307 g/mol. The number of aromatic hydroxyl groups is 1. The number of benzene rings is 1. The number of hydrogen-bond donors (Lipinski definition) is 2. The normalized spacial score (nSPS) is 11.5. The predicted octanol–water partition coefficient (Wildman–Crippen LogP) is 3.58. The smallest absolute Gasteiger partial charge is 0.314 e. The number of nitro benzene ring substituents is 1. The van der Waals surface area contributed by atoms with Gasteiger partial charge in [-0.15, -0.1) is 0 Å². The van der Waals surface area contributed by atoms with Gasteiger partial charge in [0, 0.05) is 17.5 Å². The van der Waals surface area contributed by atoms with Crippen molar-refractivity contribution in [3.05, 3.63) is 44.0 Å². The number of allylic oxidation sites excluding steroid dienone is 2. The fourth-order valence-electron chi connectivity index (χ4n) is 2.34. The van der Waals surface area contributed by atoms with Gasteiger partial charge in [0.2, 0.25) is 0 Å². The van der Waals surface area contributed by atoms with Crippen LogP contribution in [0.15, 0.2) is 11.6 Å². The predicted molar refractivity (Wildman–Crippen MR) is 83.3 cm³/mol. The number of hydrogen-bond acceptors (Lipinski definition) is 4. The highest BCUT2D eigenvalue weighted by atomic mass is 16.6. The topological polar surface area (TPSA) is 101 Å². The lowest BCUT2D eigenvalue weighted by Gasteiger charge is -2.13. The van der Waals surface area contributed by atoms with Crippen molar-refractivity contribution in [3.63, 3.8) is 0 Å². The van der Waals surface area contributed by atoms with Crippen molar-refractivity contribution in [2.24, 2.45) is 0 Å². The van der Waals surface area contributed by atoms with Crippen molar-refractivity contribution in [1.29, 1.82) is 0 Å². The SMILES string of the molecule is C/C(=C\Cc1c(C)c(C)c(C)c([N+](=O)[O-])c1O)CCC(=O)O. The second kappa shape index (κ2) is 7.06. The molecule has 0 heterocycles. The van der Waals surface area contributed by atoms with Gasteiger partial charge in [0.15, 0.2) is 5.75 Å². The van der Waals surface area contributed by atoms with Crippen molar-refractivity contribution < 1.29 is 19.9 Å². The van der Waals surface area contributed by atoms with E-state index in [0.717, 1.165) is 16.7 Å². The highest BCUT2D eigenvalue weighted by molar-refractivity contribution is 5.67. The minimum absolute atomic E-state index is 0.0420. The summed E-state index contributed by atoms with van der Waals surface area (Å²) in [5, 5.41) is 30.0. The van der Waals surface area contributed by atoms with Crippen molar-refractivity contribution in [3.8, 4) is 5.75 Å². The maximum Gasteiger partial charge on any atom is 0.314 e. The number of phenolic OH excluding ortho intramolecular Hbond substituents is 1. The van der Waals surface area contributed by atoms with Gasteiger partial charge in [0.25, 0.3) is 0 Å². The Morgan fingerprint density at radius 2 is 1.77 bits per heavy atom. The summed E-state index contributed by atoms with van der Waals surface area (Å²) in [7, 11) is 0. The lowest BCUT2D eigenvalue weighted by molar-refractivity contribution is -0.386. The summed E-state index contributed by atoms with van der Waals surface area (Å²) in [6.45, 7) is 7.05. The summed E-state index contributed by atoms with van der Waals surface area (Å²) in [6, 6.07) is 0. The summed E-state index contributed by atoms with van der Waals surface area (Å²) in [6.07, 6.45) is 2.61. The van der Waals surface area contributed by atoms with E-state index < -0.39 is 10.9 Å². The molecule has 0 unspecified atom stereocenters. The molecule has 0 fully saturated rings. The summed E-state index contributed by atoms with van der Waals surface area (Å²) in [5.74, 6) is -1.17. The number of nitrogens with zero attached hydrogens (tertiary/aromatic N) is 1. The Balaban J connectivity index is 3.18. The Morgan fingerprint density at radius 1 is 1.18 bits per heavy atom. The van der Waals surface area contributed by atoms with Crippen molar-refractivity contribution >= 4 is 11.7 Å². The fraction of sp³-hybridized carbons (Fsp3) is 0.438. The Kier molecular flexibility index (Phi) is 5.68. The van der Waals surface area contributed by atoms with Gasteiger partial charge < -0.3 is 10.2 Å². The molecule has 0 bridgehead atoms. The molecule has 0 saturated carbocycles. The minimum atomic E-state index is -0.867. The molecule has 0 atom stereocenters. The standard InChI is InChI=1S/C16H21NO5/c1-9(6-8-14(18)19)5-7-13-11(3)10(2)12(4)15(16(13)20)17(21)22/h5,20H,6-8H2,1-4H3,(H,18,19)/b9-5+. The number of nitro groups is 1. The average Bonchev–Trinajstić information content (AvgIpc) is 2.42. The van der Waals surface area contributed by atoms with Crippen LogP contribution in [-0.2, 0) is 11.2 Å². The molecule has 6 nitrogen and oxygen atoms in total. The molecule has 0 aromatic heterocycles. The second-order valence-corrected chi connectivity index (χ2v) is 5.46. The van der Waals surface area contributed by atoms with E-state index in [2.05, 4.69) is 0 Å². The molecule has 22 heavy (non-hydrogen) atoms. The van der Waals surface area contributed by atoms with Gasteiger partial charge in [0.05, 0.1) is 4.92 Å². The van der Waals surface area contributed by atoms with Crippen LogP contribution in [0.2, 0.25) is 0 Å². The van der Waals surface area contributed by atoms with Gasteiger partial charge in [0.1, 0.15) is 0 Å². The Labute approximate surface area is 129 Å². The quantitative estimate of drug-likeness (QED) is 0.475. The number of rotatable bonds is 6. The largest absolute Gasteiger partial charge is 0.502 e. The molecule has 2 N–H and O–H groups in total. The molecule has 0 amide bonds. The molecule has 0 saturated heterocycles. The first-order chi connectivity index (χ1) is 10.2. The number of aliphatic carboxylic acids is 1. The highest BCUT2D eigenvalue weighted by Gasteiger charge is 2.24. The van der Waals surface area contributed by atoms with Crippen LogP contribution in [0.25, 0.3) is 0 Å². The first kappa shape index (κ1) is 17.7. The van der Waals surface area contributed by atoms with Crippen molar-refractivity contribution in [2.45, 2.75) is 47.0 Å². The lowest BCUT2D eigenvalue weighted by Crippen LogP contribution is -2.02. The molecule has 0 radical (unpaired) electrons. The highest BCUT2D eigenvalue weighted by Crippen LogP contribution is 2.38. The molecular weight excluding hydrogens is 286 g/mol. The number of carbonyl (C=O) groups is 1. The van der Waals surface area contributed by atoms with E-state index in [0.29, 0.717) is 24.0 Å². The molecule has 1 aromatic rings. The Bertz CT molecular complexity index is 647. The van der Waals surface area contributed by atoms with E-state index in [4.69, 9.17) is 5.11 Å². The van der Waals surface area contributed by atoms with E-state index >= 15 is 0 Å². The minimum Gasteiger partial charge on any atom is -0.502 e. The number of carboxylic acid groups (broad SMARTS) is 1. The van der Waals surface area contributed by atoms with E-state index in [1.807, 2.05) is 19.9 Å². The summed E-state index contributed by atoms with van der Waals surface area (Å²) in [5.41, 5.74) is 3.22. The van der Waals surface area contributed by atoms with Crippen LogP contribution in [0.4, 0.5) is 5.69 Å². The molecule has 1 rings (SSSR count). The zero-order valence-electron chi connectivity index (χ0n) is 13.3. The zero-order valence-corrected chi connectivity index (χ0v) is 13.3. The van der Waals surface area contributed by atoms with E-state index in [9.17, 15) is 20.0 Å². The van der Waals surface area contributed by atoms with E-state index in [1.54, 1.807) is 13.8 Å². The zero-order chi connectivity index (χ0) is 17.0. The molecule has 0 aliphatic carbocycles. The van der Waals surface area contributed by atoms with E-state index in [1.165, 1.54) is 0 Å². The molecule has 120 valence electrons. The van der Waals surface area contributed by atoms with Gasteiger partial charge in [-0.3, -0.25) is 14.9 Å². The van der Waals surface area contributed by atoms with Crippen LogP contribution < -0.4 is 0 Å². The van der Waals surface area contributed by atoms with Crippen LogP contribution in [-0.4, -0.2) is 21.1 Å². The van der Waals surface area contributed by atoms with Crippen molar-refractivity contribution in [2.75, 3.05) is 0 Å². The first-order valence-corrected chi connectivity index (χ1v) is 7.00.